The van der Waals surface area contributed by atoms with Gasteiger partial charge in [0.05, 0.1) is 0 Å². The first-order chi connectivity index (χ1) is 11.7. The Morgan fingerprint density at radius 2 is 1.92 bits per heavy atom. The van der Waals surface area contributed by atoms with Crippen molar-refractivity contribution in [2.75, 3.05) is 18.5 Å². The van der Waals surface area contributed by atoms with E-state index in [2.05, 4.69) is 21.2 Å². The van der Waals surface area contributed by atoms with Gasteiger partial charge < -0.3 is 14.8 Å². The van der Waals surface area contributed by atoms with Crippen molar-refractivity contribution in [2.45, 2.75) is 0 Å². The van der Waals surface area contributed by atoms with Crippen molar-refractivity contribution in [3.05, 3.63) is 58.1 Å². The highest BCUT2D eigenvalue weighted by Gasteiger charge is 2.14. The first kappa shape index (κ1) is 16.1. The van der Waals surface area contributed by atoms with Gasteiger partial charge in [0.1, 0.15) is 24.9 Å². The van der Waals surface area contributed by atoms with Crippen LogP contribution in [0.2, 0.25) is 0 Å². The molecule has 0 saturated heterocycles. The van der Waals surface area contributed by atoms with Crippen molar-refractivity contribution in [1.29, 1.82) is 5.26 Å². The molecule has 2 aromatic carbocycles. The SMILES string of the molecule is N#C/C(=C\c1ccccc1Br)C(=O)Nc1ccc2c(c1)OCCO2. The summed E-state index contributed by atoms with van der Waals surface area (Å²) in [7, 11) is 0. The normalized spacial score (nSPS) is 13.1. The third-order valence-electron chi connectivity index (χ3n) is 3.37. The molecule has 0 aromatic heterocycles. The number of halogens is 1. The molecular formula is C18H13BrN2O3. The van der Waals surface area contributed by atoms with Crippen LogP contribution < -0.4 is 14.8 Å². The van der Waals surface area contributed by atoms with Gasteiger partial charge >= 0.3 is 0 Å². The number of anilines is 1. The minimum absolute atomic E-state index is 0.0109. The number of carbonyl (C=O) groups is 1. The van der Waals surface area contributed by atoms with E-state index in [1.807, 2.05) is 30.3 Å². The molecule has 1 aliphatic heterocycles. The largest absolute Gasteiger partial charge is 0.486 e. The third kappa shape index (κ3) is 3.58. The Morgan fingerprint density at radius 1 is 1.17 bits per heavy atom. The van der Waals surface area contributed by atoms with Crippen LogP contribution in [0.1, 0.15) is 5.56 Å². The highest BCUT2D eigenvalue weighted by molar-refractivity contribution is 9.10. The number of carbonyl (C=O) groups excluding carboxylic acids is 1. The summed E-state index contributed by atoms with van der Waals surface area (Å²) in [5.41, 5.74) is 1.31. The zero-order chi connectivity index (χ0) is 16.9. The molecule has 0 radical (unpaired) electrons. The van der Waals surface area contributed by atoms with Crippen molar-refractivity contribution in [2.24, 2.45) is 0 Å². The second kappa shape index (κ2) is 7.20. The Hall–Kier alpha value is -2.78. The van der Waals surface area contributed by atoms with Gasteiger partial charge in [-0.3, -0.25) is 4.79 Å². The molecule has 1 heterocycles. The molecule has 5 nitrogen and oxygen atoms in total. The average Bonchev–Trinajstić information content (AvgIpc) is 2.61. The number of hydrogen-bond acceptors (Lipinski definition) is 4. The van der Waals surface area contributed by atoms with Crippen LogP contribution in [0.25, 0.3) is 6.08 Å². The van der Waals surface area contributed by atoms with Gasteiger partial charge in [-0.05, 0) is 29.8 Å². The summed E-state index contributed by atoms with van der Waals surface area (Å²) >= 11 is 3.39. The minimum atomic E-state index is -0.482. The van der Waals surface area contributed by atoms with Gasteiger partial charge in [0.2, 0.25) is 0 Å². The number of nitrogens with one attached hydrogen (secondary N) is 1. The second-order valence-corrected chi connectivity index (χ2v) is 5.86. The van der Waals surface area contributed by atoms with Gasteiger partial charge in [-0.2, -0.15) is 5.26 Å². The molecule has 24 heavy (non-hydrogen) atoms. The van der Waals surface area contributed by atoms with Gasteiger partial charge in [-0.25, -0.2) is 0 Å². The quantitative estimate of drug-likeness (QED) is 0.645. The fourth-order valence-corrected chi connectivity index (χ4v) is 2.62. The van der Waals surface area contributed by atoms with E-state index in [-0.39, 0.29) is 5.57 Å². The topological polar surface area (TPSA) is 71.4 Å². The van der Waals surface area contributed by atoms with Crippen LogP contribution in [0, 0.1) is 11.3 Å². The first-order valence-corrected chi connectivity index (χ1v) is 8.04. The van der Waals surface area contributed by atoms with E-state index < -0.39 is 5.91 Å². The Labute approximate surface area is 147 Å². The molecule has 2 aromatic rings. The molecular weight excluding hydrogens is 372 g/mol. The van der Waals surface area contributed by atoms with Crippen LogP contribution in [0.4, 0.5) is 5.69 Å². The van der Waals surface area contributed by atoms with Crippen molar-refractivity contribution >= 4 is 33.6 Å². The standard InChI is InChI=1S/C18H13BrN2O3/c19-15-4-2-1-3-12(15)9-13(11-20)18(22)21-14-5-6-16-17(10-14)24-8-7-23-16/h1-6,9-10H,7-8H2,(H,21,22)/b13-9+. The molecule has 0 spiro atoms. The van der Waals surface area contributed by atoms with E-state index in [9.17, 15) is 10.1 Å². The van der Waals surface area contributed by atoms with Crippen molar-refractivity contribution in [1.82, 2.24) is 0 Å². The van der Waals surface area contributed by atoms with Crippen LogP contribution in [0.3, 0.4) is 0 Å². The lowest BCUT2D eigenvalue weighted by Gasteiger charge is -2.18. The van der Waals surface area contributed by atoms with E-state index in [1.54, 1.807) is 18.2 Å². The number of benzene rings is 2. The summed E-state index contributed by atoms with van der Waals surface area (Å²) in [6.07, 6.45) is 1.54. The number of nitrogens with zero attached hydrogens (tertiary/aromatic N) is 1. The summed E-state index contributed by atoms with van der Waals surface area (Å²) in [4.78, 5) is 12.3. The molecule has 0 unspecified atom stereocenters. The number of amides is 1. The highest BCUT2D eigenvalue weighted by atomic mass is 79.9. The monoisotopic (exact) mass is 384 g/mol. The van der Waals surface area contributed by atoms with Crippen molar-refractivity contribution in [3.63, 3.8) is 0 Å². The van der Waals surface area contributed by atoms with E-state index in [0.717, 1.165) is 10.0 Å². The lowest BCUT2D eigenvalue weighted by atomic mass is 10.1. The summed E-state index contributed by atoms with van der Waals surface area (Å²) in [5, 5.41) is 12.0. The van der Waals surface area contributed by atoms with E-state index >= 15 is 0 Å². The Bertz CT molecular complexity index is 856. The molecule has 120 valence electrons. The molecule has 1 aliphatic rings. The zero-order valence-corrected chi connectivity index (χ0v) is 14.2. The zero-order valence-electron chi connectivity index (χ0n) is 12.6. The van der Waals surface area contributed by atoms with Crippen LogP contribution in [-0.4, -0.2) is 19.1 Å². The van der Waals surface area contributed by atoms with E-state index in [0.29, 0.717) is 30.4 Å². The fraction of sp³-hybridized carbons (Fsp3) is 0.111. The van der Waals surface area contributed by atoms with Crippen LogP contribution in [-0.2, 0) is 4.79 Å². The molecule has 1 N–H and O–H groups in total. The Balaban J connectivity index is 1.80. The third-order valence-corrected chi connectivity index (χ3v) is 4.09. The predicted octanol–water partition coefficient (Wildman–Crippen LogP) is 3.77. The Morgan fingerprint density at radius 3 is 2.67 bits per heavy atom. The van der Waals surface area contributed by atoms with Crippen LogP contribution in [0.5, 0.6) is 11.5 Å². The average molecular weight is 385 g/mol. The fourth-order valence-electron chi connectivity index (χ4n) is 2.22. The molecule has 0 fully saturated rings. The van der Waals surface area contributed by atoms with Gasteiger partial charge in [-0.1, -0.05) is 34.1 Å². The number of hydrogen-bond donors (Lipinski definition) is 1. The van der Waals surface area contributed by atoms with Gasteiger partial charge in [0.15, 0.2) is 11.5 Å². The van der Waals surface area contributed by atoms with Crippen molar-refractivity contribution < 1.29 is 14.3 Å². The number of rotatable bonds is 3. The maximum absolute atomic E-state index is 12.3. The summed E-state index contributed by atoms with van der Waals surface area (Å²) in [5.74, 6) is 0.737. The Kier molecular flexibility index (Phi) is 4.82. The molecule has 0 aliphatic carbocycles. The highest BCUT2D eigenvalue weighted by Crippen LogP contribution is 2.32. The maximum atomic E-state index is 12.3. The predicted molar refractivity (Wildman–Crippen MR) is 93.8 cm³/mol. The lowest BCUT2D eigenvalue weighted by molar-refractivity contribution is -0.112. The number of nitriles is 1. The van der Waals surface area contributed by atoms with Gasteiger partial charge in [0.25, 0.3) is 5.91 Å². The molecule has 3 rings (SSSR count). The number of fused-ring (bicyclic) bond motifs is 1. The molecule has 0 bridgehead atoms. The maximum Gasteiger partial charge on any atom is 0.266 e. The molecule has 6 heteroatoms. The van der Waals surface area contributed by atoms with Crippen LogP contribution >= 0.6 is 15.9 Å². The summed E-state index contributed by atoms with van der Waals surface area (Å²) < 4.78 is 11.7. The number of ether oxygens (including phenoxy) is 2. The van der Waals surface area contributed by atoms with Gasteiger partial charge in [0, 0.05) is 16.2 Å². The first-order valence-electron chi connectivity index (χ1n) is 7.25. The summed E-state index contributed by atoms with van der Waals surface area (Å²) in [6, 6.07) is 14.4. The molecule has 0 saturated carbocycles. The minimum Gasteiger partial charge on any atom is -0.486 e. The smallest absolute Gasteiger partial charge is 0.266 e. The van der Waals surface area contributed by atoms with E-state index in [1.165, 1.54) is 6.08 Å². The van der Waals surface area contributed by atoms with Gasteiger partial charge in [-0.15, -0.1) is 0 Å². The molecule has 1 amide bonds. The second-order valence-electron chi connectivity index (χ2n) is 5.00. The molecule has 0 atom stereocenters. The van der Waals surface area contributed by atoms with E-state index in [4.69, 9.17) is 9.47 Å². The lowest BCUT2D eigenvalue weighted by Crippen LogP contribution is -2.17. The summed E-state index contributed by atoms with van der Waals surface area (Å²) in [6.45, 7) is 0.974. The van der Waals surface area contributed by atoms with Crippen molar-refractivity contribution in [3.8, 4) is 17.6 Å². The van der Waals surface area contributed by atoms with Crippen LogP contribution in [0.15, 0.2) is 52.5 Å².